The number of carbonyl (C=O) groups is 1. The third-order valence-corrected chi connectivity index (χ3v) is 5.10. The number of nitrogens with zero attached hydrogens (tertiary/aromatic N) is 1. The summed E-state index contributed by atoms with van der Waals surface area (Å²) in [5, 5.41) is 0. The second-order valence-corrected chi connectivity index (χ2v) is 7.15. The van der Waals surface area contributed by atoms with Gasteiger partial charge in [-0.05, 0) is 37.5 Å². The molecular formula is C14H17F3N2O3S. The van der Waals surface area contributed by atoms with Crippen LogP contribution < -0.4 is 4.72 Å². The number of sulfonamides is 1. The molecule has 0 aromatic heterocycles. The minimum atomic E-state index is -4.64. The Labute approximate surface area is 132 Å². The van der Waals surface area contributed by atoms with Crippen molar-refractivity contribution in [2.24, 2.45) is 0 Å². The van der Waals surface area contributed by atoms with Crippen LogP contribution in [0.25, 0.3) is 0 Å². The molecule has 1 aromatic rings. The highest BCUT2D eigenvalue weighted by Crippen LogP contribution is 2.33. The van der Waals surface area contributed by atoms with Crippen molar-refractivity contribution in [2.45, 2.75) is 30.8 Å². The molecule has 23 heavy (non-hydrogen) atoms. The monoisotopic (exact) mass is 350 g/mol. The van der Waals surface area contributed by atoms with Crippen LogP contribution in [0.15, 0.2) is 23.1 Å². The Morgan fingerprint density at radius 3 is 2.43 bits per heavy atom. The van der Waals surface area contributed by atoms with Crippen LogP contribution in [0, 0.1) is 6.92 Å². The maximum Gasteiger partial charge on any atom is 0.416 e. The number of carbonyl (C=O) groups excluding carboxylic acids is 1. The summed E-state index contributed by atoms with van der Waals surface area (Å²) in [5.74, 6) is -0.380. The summed E-state index contributed by atoms with van der Waals surface area (Å²) in [6.07, 6.45) is -2.90. The molecule has 128 valence electrons. The molecular weight excluding hydrogens is 333 g/mol. The predicted molar refractivity (Wildman–Crippen MR) is 77.2 cm³/mol. The SMILES string of the molecule is Cc1ccc(S(=O)(=O)NCC(=O)N2CCCC2)cc1C(F)(F)F. The van der Waals surface area contributed by atoms with Gasteiger partial charge in [-0.2, -0.15) is 13.2 Å². The Hall–Kier alpha value is -1.61. The molecule has 1 N–H and O–H groups in total. The number of aryl methyl sites for hydroxylation is 1. The number of alkyl halides is 3. The maximum absolute atomic E-state index is 12.9. The van der Waals surface area contributed by atoms with E-state index in [1.807, 2.05) is 0 Å². The minimum Gasteiger partial charge on any atom is -0.342 e. The van der Waals surface area contributed by atoms with Crippen LogP contribution in [0.4, 0.5) is 13.2 Å². The van der Waals surface area contributed by atoms with E-state index >= 15 is 0 Å². The van der Waals surface area contributed by atoms with Gasteiger partial charge in [0.15, 0.2) is 0 Å². The lowest BCUT2D eigenvalue weighted by Crippen LogP contribution is -2.38. The number of hydrogen-bond donors (Lipinski definition) is 1. The Bertz CT molecular complexity index is 696. The van der Waals surface area contributed by atoms with Crippen LogP contribution in [0.5, 0.6) is 0 Å². The Kier molecular flexibility index (Phi) is 5.00. The summed E-state index contributed by atoms with van der Waals surface area (Å²) in [6, 6.07) is 2.77. The lowest BCUT2D eigenvalue weighted by atomic mass is 10.1. The van der Waals surface area contributed by atoms with Gasteiger partial charge in [-0.15, -0.1) is 0 Å². The van der Waals surface area contributed by atoms with Gasteiger partial charge in [-0.3, -0.25) is 4.79 Å². The Morgan fingerprint density at radius 1 is 1.26 bits per heavy atom. The summed E-state index contributed by atoms with van der Waals surface area (Å²) in [6.45, 7) is 1.94. The van der Waals surface area contributed by atoms with Crippen molar-refractivity contribution in [1.82, 2.24) is 9.62 Å². The van der Waals surface area contributed by atoms with Crippen molar-refractivity contribution in [3.63, 3.8) is 0 Å². The Morgan fingerprint density at radius 2 is 1.87 bits per heavy atom. The van der Waals surface area contributed by atoms with Gasteiger partial charge in [0.1, 0.15) is 0 Å². The molecule has 0 spiro atoms. The fourth-order valence-electron chi connectivity index (χ4n) is 2.39. The normalized spacial score (nSPS) is 15.9. The first-order chi connectivity index (χ1) is 10.6. The van der Waals surface area contributed by atoms with Crippen LogP contribution in [0.3, 0.4) is 0 Å². The van der Waals surface area contributed by atoms with E-state index in [0.717, 1.165) is 25.0 Å². The molecule has 2 rings (SSSR count). The van der Waals surface area contributed by atoms with E-state index in [4.69, 9.17) is 0 Å². The first-order valence-corrected chi connectivity index (χ1v) is 8.55. The highest BCUT2D eigenvalue weighted by Gasteiger charge is 2.33. The van der Waals surface area contributed by atoms with Gasteiger partial charge in [0.2, 0.25) is 15.9 Å². The van der Waals surface area contributed by atoms with Crippen molar-refractivity contribution in [2.75, 3.05) is 19.6 Å². The van der Waals surface area contributed by atoms with Gasteiger partial charge in [-0.1, -0.05) is 6.07 Å². The molecule has 9 heteroatoms. The second-order valence-electron chi connectivity index (χ2n) is 5.39. The summed E-state index contributed by atoms with van der Waals surface area (Å²) >= 11 is 0. The van der Waals surface area contributed by atoms with Crippen molar-refractivity contribution >= 4 is 15.9 Å². The fraction of sp³-hybridized carbons (Fsp3) is 0.500. The molecule has 0 aliphatic carbocycles. The van der Waals surface area contributed by atoms with Gasteiger partial charge in [0.25, 0.3) is 0 Å². The fourth-order valence-corrected chi connectivity index (χ4v) is 3.39. The van der Waals surface area contributed by atoms with E-state index in [-0.39, 0.29) is 11.5 Å². The average Bonchev–Trinajstić information content (AvgIpc) is 2.98. The zero-order valence-electron chi connectivity index (χ0n) is 12.5. The molecule has 1 fully saturated rings. The number of likely N-dealkylation sites (tertiary alicyclic amines) is 1. The summed E-state index contributed by atoms with van der Waals surface area (Å²) < 4.78 is 64.8. The zero-order valence-corrected chi connectivity index (χ0v) is 13.3. The molecule has 1 aromatic carbocycles. The molecule has 0 saturated carbocycles. The molecule has 1 amide bonds. The van der Waals surface area contributed by atoms with Gasteiger partial charge < -0.3 is 4.90 Å². The molecule has 1 heterocycles. The van der Waals surface area contributed by atoms with E-state index in [9.17, 15) is 26.4 Å². The summed E-state index contributed by atoms with van der Waals surface area (Å²) in [5.41, 5.74) is -1.07. The van der Waals surface area contributed by atoms with Gasteiger partial charge in [0.05, 0.1) is 17.0 Å². The first kappa shape index (κ1) is 17.7. The number of amides is 1. The third kappa shape index (κ3) is 4.23. The number of nitrogens with one attached hydrogen (secondary N) is 1. The highest BCUT2D eigenvalue weighted by molar-refractivity contribution is 7.89. The van der Waals surface area contributed by atoms with Gasteiger partial charge in [0, 0.05) is 13.1 Å². The lowest BCUT2D eigenvalue weighted by molar-refractivity contribution is -0.138. The zero-order chi connectivity index (χ0) is 17.3. The van der Waals surface area contributed by atoms with E-state index in [2.05, 4.69) is 4.72 Å². The highest BCUT2D eigenvalue weighted by atomic mass is 32.2. The van der Waals surface area contributed by atoms with Gasteiger partial charge in [-0.25, -0.2) is 13.1 Å². The van der Waals surface area contributed by atoms with Gasteiger partial charge >= 0.3 is 6.18 Å². The second kappa shape index (κ2) is 6.48. The lowest BCUT2D eigenvalue weighted by Gasteiger charge is -2.16. The molecule has 0 unspecified atom stereocenters. The number of rotatable bonds is 4. The maximum atomic E-state index is 12.9. The Balaban J connectivity index is 2.14. The minimum absolute atomic E-state index is 0.0652. The molecule has 0 atom stereocenters. The van der Waals surface area contributed by atoms with Crippen LogP contribution in [-0.4, -0.2) is 38.9 Å². The predicted octanol–water partition coefficient (Wildman–Crippen LogP) is 1.91. The van der Waals surface area contributed by atoms with Crippen LogP contribution >= 0.6 is 0 Å². The average molecular weight is 350 g/mol. The standard InChI is InChI=1S/C14H17F3N2O3S/c1-10-4-5-11(8-12(10)14(15,16)17)23(21,22)18-9-13(20)19-6-2-3-7-19/h4-5,8,18H,2-3,6-7,9H2,1H3. The van der Waals surface area contributed by atoms with Crippen molar-refractivity contribution in [3.05, 3.63) is 29.3 Å². The molecule has 5 nitrogen and oxygen atoms in total. The molecule has 1 saturated heterocycles. The van der Waals surface area contributed by atoms with E-state index in [0.29, 0.717) is 19.2 Å². The van der Waals surface area contributed by atoms with Crippen molar-refractivity contribution in [1.29, 1.82) is 0 Å². The van der Waals surface area contributed by atoms with E-state index < -0.39 is 33.2 Å². The van der Waals surface area contributed by atoms with E-state index in [1.54, 1.807) is 0 Å². The van der Waals surface area contributed by atoms with Crippen LogP contribution in [-0.2, 0) is 21.0 Å². The number of halogens is 3. The topological polar surface area (TPSA) is 66.5 Å². The van der Waals surface area contributed by atoms with Crippen molar-refractivity contribution in [3.8, 4) is 0 Å². The number of hydrogen-bond acceptors (Lipinski definition) is 3. The third-order valence-electron chi connectivity index (χ3n) is 3.70. The first-order valence-electron chi connectivity index (χ1n) is 7.06. The quantitative estimate of drug-likeness (QED) is 0.902. The smallest absolute Gasteiger partial charge is 0.342 e. The molecule has 1 aliphatic heterocycles. The molecule has 0 bridgehead atoms. The van der Waals surface area contributed by atoms with E-state index in [1.165, 1.54) is 11.8 Å². The molecule has 1 aliphatic rings. The largest absolute Gasteiger partial charge is 0.416 e. The molecule has 0 radical (unpaired) electrons. The van der Waals surface area contributed by atoms with Crippen LogP contribution in [0.2, 0.25) is 0 Å². The summed E-state index contributed by atoms with van der Waals surface area (Å²) in [4.78, 5) is 12.8. The van der Waals surface area contributed by atoms with Crippen molar-refractivity contribution < 1.29 is 26.4 Å². The van der Waals surface area contributed by atoms with Crippen LogP contribution in [0.1, 0.15) is 24.0 Å². The summed E-state index contributed by atoms with van der Waals surface area (Å²) in [7, 11) is -4.18. The number of benzene rings is 1.